The highest BCUT2D eigenvalue weighted by Crippen LogP contribution is 2.21. The quantitative estimate of drug-likeness (QED) is 0.885. The summed E-state index contributed by atoms with van der Waals surface area (Å²) in [5, 5.41) is 0. The molecule has 116 valence electrons. The molecule has 22 heavy (non-hydrogen) atoms. The van der Waals surface area contributed by atoms with Crippen molar-refractivity contribution in [3.63, 3.8) is 0 Å². The Labute approximate surface area is 133 Å². The Balaban J connectivity index is 1.68. The lowest BCUT2D eigenvalue weighted by atomic mass is 9.99. The molecular weight excluding hydrogens is 270 g/mol. The summed E-state index contributed by atoms with van der Waals surface area (Å²) in [5.41, 5.74) is 1.38. The lowest BCUT2D eigenvalue weighted by Gasteiger charge is -2.32. The number of piperidine rings is 1. The van der Waals surface area contributed by atoms with Gasteiger partial charge in [-0.25, -0.2) is 0 Å². The van der Waals surface area contributed by atoms with Crippen LogP contribution in [0.4, 0.5) is 0 Å². The summed E-state index contributed by atoms with van der Waals surface area (Å²) in [6.07, 6.45) is 5.44. The van der Waals surface area contributed by atoms with Gasteiger partial charge in [-0.05, 0) is 49.9 Å². The first-order valence-electron chi connectivity index (χ1n) is 8.51. The van der Waals surface area contributed by atoms with Gasteiger partial charge < -0.3 is 9.64 Å². The van der Waals surface area contributed by atoms with Gasteiger partial charge in [0.25, 0.3) is 0 Å². The molecule has 1 unspecified atom stereocenters. The Morgan fingerprint density at radius 2 is 1.82 bits per heavy atom. The number of benzene rings is 2. The first-order chi connectivity index (χ1) is 10.8. The monoisotopic (exact) mass is 296 g/mol. The molecule has 0 aliphatic carbocycles. The molecule has 1 heterocycles. The number of rotatable bonds is 5. The number of likely N-dealkylation sites (tertiary alicyclic amines) is 1. The van der Waals surface area contributed by atoms with Crippen molar-refractivity contribution in [3.05, 3.63) is 60.2 Å². The molecule has 2 aromatic carbocycles. The van der Waals surface area contributed by atoms with Crippen LogP contribution in [0, 0.1) is 0 Å². The van der Waals surface area contributed by atoms with Gasteiger partial charge >= 0.3 is 0 Å². The summed E-state index contributed by atoms with van der Waals surface area (Å²) in [7, 11) is 0. The van der Waals surface area contributed by atoms with Crippen LogP contribution >= 0.6 is 0 Å². The minimum Gasteiger partial charge on any atom is -0.457 e. The SMILES string of the molecule is CC[C@H]1CCCC[NH+]1Cc1cccc(Oc2ccccc2)c1. The second-order valence-corrected chi connectivity index (χ2v) is 6.25. The van der Waals surface area contributed by atoms with Crippen molar-refractivity contribution in [2.24, 2.45) is 0 Å². The fourth-order valence-corrected chi connectivity index (χ4v) is 3.48. The molecule has 0 amide bonds. The van der Waals surface area contributed by atoms with E-state index < -0.39 is 0 Å². The van der Waals surface area contributed by atoms with E-state index in [4.69, 9.17) is 4.74 Å². The summed E-state index contributed by atoms with van der Waals surface area (Å²) in [6, 6.07) is 19.4. The van der Waals surface area contributed by atoms with Crippen molar-refractivity contribution in [2.45, 2.75) is 45.2 Å². The van der Waals surface area contributed by atoms with Crippen LogP contribution in [-0.2, 0) is 6.54 Å². The van der Waals surface area contributed by atoms with Gasteiger partial charge in [-0.3, -0.25) is 0 Å². The molecular formula is C20H26NO+. The van der Waals surface area contributed by atoms with Crippen molar-refractivity contribution in [1.29, 1.82) is 0 Å². The molecule has 2 atom stereocenters. The van der Waals surface area contributed by atoms with E-state index in [9.17, 15) is 0 Å². The molecule has 0 spiro atoms. The summed E-state index contributed by atoms with van der Waals surface area (Å²) in [4.78, 5) is 1.74. The van der Waals surface area contributed by atoms with Crippen LogP contribution in [0.3, 0.4) is 0 Å². The molecule has 0 bridgehead atoms. The third kappa shape index (κ3) is 3.89. The predicted molar refractivity (Wildman–Crippen MR) is 90.4 cm³/mol. The molecule has 1 N–H and O–H groups in total. The van der Waals surface area contributed by atoms with Crippen molar-refractivity contribution in [3.8, 4) is 11.5 Å². The van der Waals surface area contributed by atoms with Crippen LogP contribution in [0.25, 0.3) is 0 Å². The van der Waals surface area contributed by atoms with Crippen LogP contribution in [0.2, 0.25) is 0 Å². The molecule has 1 saturated heterocycles. The van der Waals surface area contributed by atoms with E-state index in [0.717, 1.165) is 24.1 Å². The number of hydrogen-bond acceptors (Lipinski definition) is 1. The maximum absolute atomic E-state index is 5.95. The number of quaternary nitrogens is 1. The number of hydrogen-bond donors (Lipinski definition) is 1. The van der Waals surface area contributed by atoms with E-state index in [2.05, 4.69) is 25.1 Å². The van der Waals surface area contributed by atoms with Crippen molar-refractivity contribution < 1.29 is 9.64 Å². The summed E-state index contributed by atoms with van der Waals surface area (Å²) in [5.74, 6) is 1.84. The van der Waals surface area contributed by atoms with Crippen LogP contribution in [0.1, 0.15) is 38.2 Å². The van der Waals surface area contributed by atoms with Gasteiger partial charge in [0.1, 0.15) is 18.0 Å². The third-order valence-electron chi connectivity index (χ3n) is 4.68. The van der Waals surface area contributed by atoms with Gasteiger partial charge in [-0.1, -0.05) is 37.3 Å². The largest absolute Gasteiger partial charge is 0.457 e. The van der Waals surface area contributed by atoms with Crippen molar-refractivity contribution in [1.82, 2.24) is 0 Å². The number of para-hydroxylation sites is 1. The first-order valence-corrected chi connectivity index (χ1v) is 8.51. The van der Waals surface area contributed by atoms with Gasteiger partial charge in [-0.15, -0.1) is 0 Å². The average molecular weight is 296 g/mol. The molecule has 1 aliphatic rings. The standard InChI is InChI=1S/C20H25NO/c1-2-18-10-6-7-14-21(18)16-17-9-8-13-20(15-17)22-19-11-4-3-5-12-19/h3-5,8-9,11-13,15,18H,2,6-7,10,14,16H2,1H3/p+1/t18-/m0/s1. The Morgan fingerprint density at radius 1 is 1.00 bits per heavy atom. The third-order valence-corrected chi connectivity index (χ3v) is 4.68. The number of ether oxygens (including phenoxy) is 1. The summed E-state index contributed by atoms with van der Waals surface area (Å²) < 4.78 is 5.95. The minimum absolute atomic E-state index is 0.826. The maximum Gasteiger partial charge on any atom is 0.127 e. The average Bonchev–Trinajstić information content (AvgIpc) is 2.57. The van der Waals surface area contributed by atoms with E-state index >= 15 is 0 Å². The smallest absolute Gasteiger partial charge is 0.127 e. The van der Waals surface area contributed by atoms with E-state index in [-0.39, 0.29) is 0 Å². The second kappa shape index (κ2) is 7.46. The zero-order valence-electron chi connectivity index (χ0n) is 13.4. The van der Waals surface area contributed by atoms with Gasteiger partial charge in [0.05, 0.1) is 12.6 Å². The lowest BCUT2D eigenvalue weighted by Crippen LogP contribution is -3.15. The normalized spacial score (nSPS) is 21.5. The Hall–Kier alpha value is -1.80. The van der Waals surface area contributed by atoms with Crippen LogP contribution in [-0.4, -0.2) is 12.6 Å². The van der Waals surface area contributed by atoms with E-state index in [1.54, 1.807) is 4.90 Å². The molecule has 2 heteroatoms. The molecule has 1 aliphatic heterocycles. The highest BCUT2D eigenvalue weighted by molar-refractivity contribution is 5.33. The van der Waals surface area contributed by atoms with Crippen LogP contribution < -0.4 is 9.64 Å². The zero-order chi connectivity index (χ0) is 15.2. The highest BCUT2D eigenvalue weighted by Gasteiger charge is 2.24. The fraction of sp³-hybridized carbons (Fsp3) is 0.400. The Kier molecular flexibility index (Phi) is 5.12. The van der Waals surface area contributed by atoms with E-state index in [1.165, 1.54) is 37.8 Å². The van der Waals surface area contributed by atoms with Gasteiger partial charge in [-0.2, -0.15) is 0 Å². The summed E-state index contributed by atoms with van der Waals surface area (Å²) >= 11 is 0. The molecule has 3 rings (SSSR count). The fourth-order valence-electron chi connectivity index (χ4n) is 3.48. The molecule has 0 aromatic heterocycles. The number of nitrogens with one attached hydrogen (secondary N) is 1. The van der Waals surface area contributed by atoms with Crippen LogP contribution in [0.5, 0.6) is 11.5 Å². The second-order valence-electron chi connectivity index (χ2n) is 6.25. The zero-order valence-corrected chi connectivity index (χ0v) is 13.4. The predicted octanol–water partition coefficient (Wildman–Crippen LogP) is 3.83. The van der Waals surface area contributed by atoms with Gasteiger partial charge in [0.15, 0.2) is 0 Å². The molecule has 2 aromatic rings. The van der Waals surface area contributed by atoms with Crippen molar-refractivity contribution in [2.75, 3.05) is 6.54 Å². The van der Waals surface area contributed by atoms with Crippen LogP contribution in [0.15, 0.2) is 54.6 Å². The molecule has 0 radical (unpaired) electrons. The maximum atomic E-state index is 5.95. The molecule has 0 saturated carbocycles. The molecule has 1 fully saturated rings. The van der Waals surface area contributed by atoms with Gasteiger partial charge in [0, 0.05) is 5.56 Å². The Morgan fingerprint density at radius 3 is 2.64 bits per heavy atom. The molecule has 2 nitrogen and oxygen atoms in total. The van der Waals surface area contributed by atoms with E-state index in [1.807, 2.05) is 36.4 Å². The van der Waals surface area contributed by atoms with Gasteiger partial charge in [0.2, 0.25) is 0 Å². The summed E-state index contributed by atoms with van der Waals surface area (Å²) in [6.45, 7) is 4.75. The van der Waals surface area contributed by atoms with Crippen molar-refractivity contribution >= 4 is 0 Å². The minimum atomic E-state index is 0.826. The Bertz CT molecular complexity index is 581. The van der Waals surface area contributed by atoms with E-state index in [0.29, 0.717) is 0 Å². The topological polar surface area (TPSA) is 13.7 Å². The first kappa shape index (κ1) is 15.1. The lowest BCUT2D eigenvalue weighted by molar-refractivity contribution is -0.944. The highest BCUT2D eigenvalue weighted by atomic mass is 16.5.